The van der Waals surface area contributed by atoms with Gasteiger partial charge in [-0.15, -0.1) is 0 Å². The highest BCUT2D eigenvalue weighted by Crippen LogP contribution is 2.23. The first-order chi connectivity index (χ1) is 10.7. The van der Waals surface area contributed by atoms with Gasteiger partial charge in [-0.1, -0.05) is 35.3 Å². The van der Waals surface area contributed by atoms with Crippen molar-refractivity contribution in [1.29, 1.82) is 0 Å². The van der Waals surface area contributed by atoms with Gasteiger partial charge in [0, 0.05) is 16.8 Å². The fourth-order valence-corrected chi connectivity index (χ4v) is 3.57. The third-order valence-corrected chi connectivity index (χ3v) is 5.10. The Morgan fingerprint density at radius 2 is 1.83 bits per heavy atom. The van der Waals surface area contributed by atoms with Gasteiger partial charge in [-0.2, -0.15) is 0 Å². The van der Waals surface area contributed by atoms with E-state index in [9.17, 15) is 13.2 Å². The van der Waals surface area contributed by atoms with Gasteiger partial charge in [0.1, 0.15) is 0 Å². The monoisotopic (exact) mass is 371 g/mol. The molecule has 2 aromatic carbocycles. The Labute approximate surface area is 145 Å². The Bertz CT molecular complexity index is 850. The van der Waals surface area contributed by atoms with Crippen LogP contribution in [-0.4, -0.2) is 20.6 Å². The smallest absolute Gasteiger partial charge is 0.251 e. The number of carbonyl (C=O) groups excluding carboxylic acids is 1. The molecule has 0 saturated heterocycles. The van der Waals surface area contributed by atoms with E-state index in [1.165, 1.54) is 18.2 Å². The van der Waals surface area contributed by atoms with E-state index in [2.05, 4.69) is 5.32 Å². The molecule has 0 aliphatic heterocycles. The number of halogens is 2. The molecule has 2 rings (SSSR count). The van der Waals surface area contributed by atoms with Crippen molar-refractivity contribution in [2.45, 2.75) is 17.9 Å². The highest BCUT2D eigenvalue weighted by atomic mass is 35.5. The van der Waals surface area contributed by atoms with Crippen molar-refractivity contribution in [3.05, 3.63) is 63.6 Å². The Hall–Kier alpha value is -1.56. The molecule has 1 N–H and O–H groups in total. The number of nitrogens with one attached hydrogen (secondary N) is 1. The summed E-state index contributed by atoms with van der Waals surface area (Å²) in [5, 5.41) is 3.47. The van der Waals surface area contributed by atoms with E-state index < -0.39 is 9.84 Å². The first-order valence-electron chi connectivity index (χ1n) is 6.74. The molecule has 0 spiro atoms. The molecule has 1 atom stereocenters. The minimum absolute atomic E-state index is 0.0674. The lowest BCUT2D eigenvalue weighted by molar-refractivity contribution is 0.0939. The van der Waals surface area contributed by atoms with Crippen LogP contribution in [0, 0.1) is 0 Å². The fraction of sp³-hybridized carbons (Fsp3) is 0.188. The Morgan fingerprint density at radius 1 is 1.13 bits per heavy atom. The van der Waals surface area contributed by atoms with Crippen molar-refractivity contribution >= 4 is 38.9 Å². The normalized spacial score (nSPS) is 12.7. The summed E-state index contributed by atoms with van der Waals surface area (Å²) >= 11 is 11.8. The van der Waals surface area contributed by atoms with Crippen LogP contribution >= 0.6 is 23.2 Å². The molecule has 122 valence electrons. The molecule has 0 aromatic heterocycles. The van der Waals surface area contributed by atoms with Crippen molar-refractivity contribution < 1.29 is 13.2 Å². The third kappa shape index (κ3) is 4.47. The average Bonchev–Trinajstić information content (AvgIpc) is 2.46. The maximum atomic E-state index is 12.3. The maximum Gasteiger partial charge on any atom is 0.251 e. The Balaban J connectivity index is 2.24. The molecule has 4 nitrogen and oxygen atoms in total. The standard InChI is InChI=1S/C16H15Cl2NO3S/c1-10(11-4-3-5-13(17)8-11)19-16(20)12-6-7-14(18)15(9-12)23(2,21)22/h3-10H,1-2H3,(H,19,20). The summed E-state index contributed by atoms with van der Waals surface area (Å²) in [5.41, 5.74) is 1.08. The summed E-state index contributed by atoms with van der Waals surface area (Å²) in [5.74, 6) is -0.390. The summed E-state index contributed by atoms with van der Waals surface area (Å²) in [6.07, 6.45) is 1.05. The van der Waals surface area contributed by atoms with Crippen LogP contribution < -0.4 is 5.32 Å². The number of rotatable bonds is 4. The maximum absolute atomic E-state index is 12.3. The van der Waals surface area contributed by atoms with E-state index in [0.29, 0.717) is 5.02 Å². The number of sulfone groups is 1. The topological polar surface area (TPSA) is 63.2 Å². The lowest BCUT2D eigenvalue weighted by Gasteiger charge is -2.15. The molecule has 7 heteroatoms. The molecule has 0 radical (unpaired) electrons. The number of hydrogen-bond acceptors (Lipinski definition) is 3. The Morgan fingerprint density at radius 3 is 2.43 bits per heavy atom. The lowest BCUT2D eigenvalue weighted by Crippen LogP contribution is -2.26. The lowest BCUT2D eigenvalue weighted by atomic mass is 10.1. The van der Waals surface area contributed by atoms with Crippen LogP contribution in [0.15, 0.2) is 47.4 Å². The molecule has 0 aliphatic carbocycles. The summed E-state index contributed by atoms with van der Waals surface area (Å²) in [6, 6.07) is 11.0. The first-order valence-corrected chi connectivity index (χ1v) is 9.39. The van der Waals surface area contributed by atoms with Crippen molar-refractivity contribution in [2.75, 3.05) is 6.26 Å². The van der Waals surface area contributed by atoms with E-state index in [1.807, 2.05) is 13.0 Å². The highest BCUT2D eigenvalue weighted by molar-refractivity contribution is 7.90. The molecule has 0 aliphatic rings. The van der Waals surface area contributed by atoms with Gasteiger partial charge >= 0.3 is 0 Å². The number of amides is 1. The van der Waals surface area contributed by atoms with E-state index in [-0.39, 0.29) is 27.4 Å². The van der Waals surface area contributed by atoms with Gasteiger partial charge in [0.05, 0.1) is 16.0 Å². The zero-order chi connectivity index (χ0) is 17.2. The second kappa shape index (κ2) is 6.91. The summed E-state index contributed by atoms with van der Waals surface area (Å²) in [4.78, 5) is 12.3. The van der Waals surface area contributed by atoms with Crippen LogP contribution in [0.3, 0.4) is 0 Å². The van der Waals surface area contributed by atoms with Gasteiger partial charge in [0.2, 0.25) is 0 Å². The summed E-state index contributed by atoms with van der Waals surface area (Å²) in [6.45, 7) is 1.82. The van der Waals surface area contributed by atoms with Gasteiger partial charge < -0.3 is 5.32 Å². The van der Waals surface area contributed by atoms with Gasteiger partial charge in [-0.3, -0.25) is 4.79 Å². The second-order valence-electron chi connectivity index (χ2n) is 5.17. The van der Waals surface area contributed by atoms with Crippen molar-refractivity contribution in [2.24, 2.45) is 0 Å². The van der Waals surface area contributed by atoms with Gasteiger partial charge in [-0.05, 0) is 42.8 Å². The quantitative estimate of drug-likeness (QED) is 0.886. The number of carbonyl (C=O) groups is 1. The van der Waals surface area contributed by atoms with Crippen molar-refractivity contribution in [3.8, 4) is 0 Å². The zero-order valence-corrected chi connectivity index (χ0v) is 14.8. The third-order valence-electron chi connectivity index (χ3n) is 3.29. The summed E-state index contributed by atoms with van der Waals surface area (Å²) < 4.78 is 23.4. The minimum Gasteiger partial charge on any atom is -0.346 e. The minimum atomic E-state index is -3.51. The van der Waals surface area contributed by atoms with E-state index >= 15 is 0 Å². The molecule has 1 amide bonds. The van der Waals surface area contributed by atoms with E-state index in [1.54, 1.807) is 18.2 Å². The largest absolute Gasteiger partial charge is 0.346 e. The number of hydrogen-bond donors (Lipinski definition) is 1. The number of benzene rings is 2. The first kappa shape index (κ1) is 17.8. The molecular formula is C16H15Cl2NO3S. The van der Waals surface area contributed by atoms with E-state index in [4.69, 9.17) is 23.2 Å². The van der Waals surface area contributed by atoms with Crippen LogP contribution in [0.4, 0.5) is 0 Å². The molecular weight excluding hydrogens is 357 g/mol. The highest BCUT2D eigenvalue weighted by Gasteiger charge is 2.17. The Kier molecular flexibility index (Phi) is 5.34. The van der Waals surface area contributed by atoms with Gasteiger partial charge in [-0.25, -0.2) is 8.42 Å². The van der Waals surface area contributed by atoms with Crippen LogP contribution in [0.25, 0.3) is 0 Å². The van der Waals surface area contributed by atoms with Gasteiger partial charge in [0.25, 0.3) is 5.91 Å². The molecule has 0 saturated carbocycles. The molecule has 0 heterocycles. The predicted molar refractivity (Wildman–Crippen MR) is 91.9 cm³/mol. The van der Waals surface area contributed by atoms with Crippen LogP contribution in [-0.2, 0) is 9.84 Å². The zero-order valence-electron chi connectivity index (χ0n) is 12.5. The van der Waals surface area contributed by atoms with Gasteiger partial charge in [0.15, 0.2) is 9.84 Å². The fourth-order valence-electron chi connectivity index (χ4n) is 2.07. The molecule has 1 unspecified atom stereocenters. The average molecular weight is 372 g/mol. The molecule has 0 bridgehead atoms. The predicted octanol–water partition coefficient (Wildman–Crippen LogP) is 3.89. The SMILES string of the molecule is CC(NC(=O)c1ccc(Cl)c(S(C)(=O)=O)c1)c1cccc(Cl)c1. The molecule has 2 aromatic rings. The summed E-state index contributed by atoms with van der Waals surface area (Å²) in [7, 11) is -3.51. The van der Waals surface area contributed by atoms with Crippen molar-refractivity contribution in [1.82, 2.24) is 5.32 Å². The molecule has 0 fully saturated rings. The van der Waals surface area contributed by atoms with E-state index in [0.717, 1.165) is 11.8 Å². The van der Waals surface area contributed by atoms with Crippen LogP contribution in [0.2, 0.25) is 10.0 Å². The van der Waals surface area contributed by atoms with Crippen LogP contribution in [0.5, 0.6) is 0 Å². The molecule has 23 heavy (non-hydrogen) atoms. The second-order valence-corrected chi connectivity index (χ2v) is 8.00. The van der Waals surface area contributed by atoms with Crippen molar-refractivity contribution in [3.63, 3.8) is 0 Å². The van der Waals surface area contributed by atoms with Crippen LogP contribution in [0.1, 0.15) is 28.9 Å².